The molecule has 3 fully saturated rings. The summed E-state index contributed by atoms with van der Waals surface area (Å²) in [4.78, 5) is 49.5. The monoisotopic (exact) mass is 608 g/mol. The quantitative estimate of drug-likeness (QED) is 0.206. The molecule has 3 heterocycles. The van der Waals surface area contributed by atoms with Crippen LogP contribution < -0.4 is 11.2 Å². The molecule has 1 aromatic rings. The SMILES string of the molecule is CCOC(=O)OCOP(=O)(OCOC(=O)OCC)OC[C@H]1O[C@@H](n2ccc(=O)[nH]c2=O)[C@]2(C)OC3(CCCC3)O[C@H]12. The molecule has 2 aliphatic heterocycles. The van der Waals surface area contributed by atoms with Crippen molar-refractivity contribution in [3.05, 3.63) is 33.1 Å². The molecule has 0 bridgehead atoms. The lowest BCUT2D eigenvalue weighted by Gasteiger charge is -2.31. The molecule has 1 aliphatic carbocycles. The van der Waals surface area contributed by atoms with E-state index in [9.17, 15) is 23.7 Å². The number of aromatic nitrogens is 2. The Kier molecular flexibility index (Phi) is 9.89. The largest absolute Gasteiger partial charge is 0.510 e. The summed E-state index contributed by atoms with van der Waals surface area (Å²) in [7, 11) is -4.58. The third kappa shape index (κ3) is 7.17. The van der Waals surface area contributed by atoms with E-state index in [0.717, 1.165) is 18.9 Å². The van der Waals surface area contributed by atoms with E-state index >= 15 is 0 Å². The standard InChI is InChI=1S/C23H33N2O15P/c1-4-31-20(28)33-13-36-41(30,37-14-34-21(29)32-5-2)35-12-15-17-22(3,40-23(39-17)9-6-7-10-23)18(38-15)25-11-8-16(26)24-19(25)27/h8,11,15,17-18H,4-7,9-10,12-14H2,1-3H3,(H,24,26,27)/t15-,17-,18-,22-/m1/s1. The molecule has 0 radical (unpaired) electrons. The second-order valence-corrected chi connectivity index (χ2v) is 11.0. The maximum Gasteiger partial charge on any atom is 0.510 e. The van der Waals surface area contributed by atoms with Gasteiger partial charge in [-0.3, -0.25) is 18.9 Å². The molecule has 0 unspecified atom stereocenters. The van der Waals surface area contributed by atoms with Gasteiger partial charge in [0.25, 0.3) is 5.56 Å². The highest BCUT2D eigenvalue weighted by Gasteiger charge is 2.67. The van der Waals surface area contributed by atoms with Crippen LogP contribution in [0.2, 0.25) is 0 Å². The fourth-order valence-electron chi connectivity index (χ4n) is 4.93. The maximum atomic E-state index is 13.4. The number of nitrogens with zero attached hydrogens (tertiary/aromatic N) is 1. The summed E-state index contributed by atoms with van der Waals surface area (Å²) < 4.78 is 67.6. The Morgan fingerprint density at radius 1 is 1.02 bits per heavy atom. The lowest BCUT2D eigenvalue weighted by Crippen LogP contribution is -2.45. The van der Waals surface area contributed by atoms with Crippen molar-refractivity contribution in [3.63, 3.8) is 0 Å². The van der Waals surface area contributed by atoms with Gasteiger partial charge in [0.2, 0.25) is 13.6 Å². The second-order valence-electron chi connectivity index (χ2n) is 9.38. The minimum absolute atomic E-state index is 0.0270. The van der Waals surface area contributed by atoms with Crippen LogP contribution in [0.3, 0.4) is 0 Å². The van der Waals surface area contributed by atoms with E-state index in [1.54, 1.807) is 20.8 Å². The molecule has 1 aromatic heterocycles. The van der Waals surface area contributed by atoms with Gasteiger partial charge < -0.3 is 33.2 Å². The van der Waals surface area contributed by atoms with Crippen molar-refractivity contribution >= 4 is 20.1 Å². The normalized spacial score (nSPS) is 26.6. The highest BCUT2D eigenvalue weighted by molar-refractivity contribution is 7.48. The van der Waals surface area contributed by atoms with Crippen molar-refractivity contribution in [2.24, 2.45) is 0 Å². The van der Waals surface area contributed by atoms with Crippen LogP contribution in [0.5, 0.6) is 0 Å². The van der Waals surface area contributed by atoms with E-state index in [0.29, 0.717) is 12.8 Å². The molecule has 4 rings (SSSR count). The molecule has 0 amide bonds. The predicted octanol–water partition coefficient (Wildman–Crippen LogP) is 2.30. The summed E-state index contributed by atoms with van der Waals surface area (Å²) >= 11 is 0. The van der Waals surface area contributed by atoms with Gasteiger partial charge in [0.1, 0.15) is 17.8 Å². The highest BCUT2D eigenvalue weighted by Crippen LogP contribution is 2.56. The number of hydrogen-bond acceptors (Lipinski definition) is 15. The molecule has 4 atom stereocenters. The number of aromatic amines is 1. The Bertz CT molecular complexity index is 1220. The van der Waals surface area contributed by atoms with Crippen LogP contribution in [0.1, 0.15) is 52.7 Å². The number of H-pyrrole nitrogens is 1. The first kappa shape index (κ1) is 31.2. The van der Waals surface area contributed by atoms with Crippen molar-refractivity contribution in [2.45, 2.75) is 76.3 Å². The highest BCUT2D eigenvalue weighted by atomic mass is 31.2. The minimum Gasteiger partial charge on any atom is -0.435 e. The smallest absolute Gasteiger partial charge is 0.435 e. The molecule has 2 saturated heterocycles. The van der Waals surface area contributed by atoms with E-state index in [-0.39, 0.29) is 13.2 Å². The third-order valence-corrected chi connectivity index (χ3v) is 7.92. The molecule has 1 N–H and O–H groups in total. The lowest BCUT2D eigenvalue weighted by atomic mass is 9.96. The van der Waals surface area contributed by atoms with Gasteiger partial charge >= 0.3 is 25.8 Å². The number of carbonyl (C=O) groups is 2. The number of phosphoric ester groups is 1. The Morgan fingerprint density at radius 2 is 1.63 bits per heavy atom. The predicted molar refractivity (Wildman–Crippen MR) is 132 cm³/mol. The number of ether oxygens (including phenoxy) is 7. The first-order valence-electron chi connectivity index (χ1n) is 13.0. The van der Waals surface area contributed by atoms with Gasteiger partial charge in [-0.1, -0.05) is 0 Å². The van der Waals surface area contributed by atoms with E-state index < -0.39 is 81.4 Å². The lowest BCUT2D eigenvalue weighted by molar-refractivity contribution is -0.232. The summed E-state index contributed by atoms with van der Waals surface area (Å²) in [5.74, 6) is -0.914. The first-order chi connectivity index (χ1) is 19.5. The Balaban J connectivity index is 1.51. The zero-order valence-corrected chi connectivity index (χ0v) is 23.7. The molecule has 0 aromatic carbocycles. The number of nitrogens with one attached hydrogen (secondary N) is 1. The van der Waals surface area contributed by atoms with Gasteiger partial charge in [-0.2, -0.15) is 0 Å². The average Bonchev–Trinajstić information content (AvgIpc) is 3.55. The van der Waals surface area contributed by atoms with Crippen molar-refractivity contribution in [3.8, 4) is 0 Å². The number of phosphoric acid groups is 1. The van der Waals surface area contributed by atoms with E-state index in [4.69, 9.17) is 27.8 Å². The van der Waals surface area contributed by atoms with Crippen LogP contribution in [-0.2, 0) is 51.3 Å². The maximum absolute atomic E-state index is 13.4. The zero-order chi connectivity index (χ0) is 29.7. The molecule has 41 heavy (non-hydrogen) atoms. The van der Waals surface area contributed by atoms with Gasteiger partial charge in [0, 0.05) is 25.1 Å². The summed E-state index contributed by atoms with van der Waals surface area (Å²) in [5.41, 5.74) is -2.54. The molecule has 3 aliphatic rings. The third-order valence-electron chi connectivity index (χ3n) is 6.61. The van der Waals surface area contributed by atoms with E-state index in [2.05, 4.69) is 23.9 Å². The van der Waals surface area contributed by atoms with Crippen molar-refractivity contribution < 1.29 is 60.9 Å². The van der Waals surface area contributed by atoms with Gasteiger partial charge in [-0.15, -0.1) is 0 Å². The Morgan fingerprint density at radius 3 is 2.20 bits per heavy atom. The van der Waals surface area contributed by atoms with Crippen molar-refractivity contribution in [1.29, 1.82) is 0 Å². The molecule has 17 nitrogen and oxygen atoms in total. The Hall–Kier alpha value is -2.79. The summed E-state index contributed by atoms with van der Waals surface area (Å²) in [6.07, 6.45) is -0.818. The summed E-state index contributed by atoms with van der Waals surface area (Å²) in [5, 5.41) is 0. The van der Waals surface area contributed by atoms with E-state index in [1.807, 2.05) is 0 Å². The van der Waals surface area contributed by atoms with Gasteiger partial charge in [-0.25, -0.2) is 28.0 Å². The molecule has 18 heteroatoms. The van der Waals surface area contributed by atoms with Gasteiger partial charge in [0.05, 0.1) is 19.8 Å². The number of hydrogen-bond donors (Lipinski definition) is 1. The van der Waals surface area contributed by atoms with Crippen LogP contribution in [0, 0.1) is 0 Å². The minimum atomic E-state index is -4.58. The van der Waals surface area contributed by atoms with Crippen LogP contribution >= 0.6 is 7.82 Å². The molecule has 1 saturated carbocycles. The van der Waals surface area contributed by atoms with Crippen LogP contribution in [0.15, 0.2) is 21.9 Å². The summed E-state index contributed by atoms with van der Waals surface area (Å²) in [6, 6.07) is 1.16. The van der Waals surface area contributed by atoms with Gasteiger partial charge in [-0.05, 0) is 33.6 Å². The topological polar surface area (TPSA) is 198 Å². The first-order valence-corrected chi connectivity index (χ1v) is 14.5. The van der Waals surface area contributed by atoms with E-state index in [1.165, 1.54) is 10.8 Å². The van der Waals surface area contributed by atoms with Gasteiger partial charge in [0.15, 0.2) is 12.0 Å². The number of rotatable bonds is 12. The van der Waals surface area contributed by atoms with Crippen LogP contribution in [0.25, 0.3) is 0 Å². The fraction of sp³-hybridized carbons (Fsp3) is 0.739. The van der Waals surface area contributed by atoms with Crippen molar-refractivity contribution in [1.82, 2.24) is 9.55 Å². The summed E-state index contributed by atoms with van der Waals surface area (Å²) in [6.45, 7) is 2.61. The van der Waals surface area contributed by atoms with Crippen molar-refractivity contribution in [2.75, 3.05) is 33.4 Å². The Labute approximate surface area is 233 Å². The number of carbonyl (C=O) groups excluding carboxylic acids is 2. The average molecular weight is 608 g/mol. The molecular formula is C23H33N2O15P. The van der Waals surface area contributed by atoms with Crippen LogP contribution in [0.4, 0.5) is 9.59 Å². The van der Waals surface area contributed by atoms with Crippen LogP contribution in [-0.4, -0.2) is 78.9 Å². The second kappa shape index (κ2) is 13.0. The number of fused-ring (bicyclic) bond motifs is 1. The fourth-order valence-corrected chi connectivity index (χ4v) is 5.84. The molecular weight excluding hydrogens is 575 g/mol. The molecule has 1 spiro atoms. The molecule has 230 valence electrons. The zero-order valence-electron chi connectivity index (χ0n) is 22.8.